The molecule has 3 rings (SSSR count). The number of hydrogen-bond acceptors (Lipinski definition) is 5. The van der Waals surface area contributed by atoms with E-state index < -0.39 is 0 Å². The highest BCUT2D eigenvalue weighted by atomic mass is 32.1. The first-order valence-corrected chi connectivity index (χ1v) is 6.75. The number of hydrogen-bond donors (Lipinski definition) is 1. The van der Waals surface area contributed by atoms with Gasteiger partial charge in [0.05, 0.1) is 22.9 Å². The molecule has 1 saturated heterocycles. The Morgan fingerprint density at radius 1 is 1.47 bits per heavy atom. The highest BCUT2D eigenvalue weighted by molar-refractivity contribution is 7.18. The van der Waals surface area contributed by atoms with Crippen LogP contribution in [0.5, 0.6) is 0 Å². The summed E-state index contributed by atoms with van der Waals surface area (Å²) < 4.78 is 6.62. The van der Waals surface area contributed by atoms with Crippen LogP contribution < -0.4 is 5.32 Å². The van der Waals surface area contributed by atoms with Gasteiger partial charge >= 0.3 is 0 Å². The number of thiophene rings is 1. The molecule has 1 fully saturated rings. The Morgan fingerprint density at radius 2 is 2.41 bits per heavy atom. The van der Waals surface area contributed by atoms with Crippen molar-refractivity contribution in [3.8, 4) is 0 Å². The summed E-state index contributed by atoms with van der Waals surface area (Å²) in [7, 11) is 0. The molecule has 1 aliphatic rings. The van der Waals surface area contributed by atoms with Crippen LogP contribution in [0.2, 0.25) is 0 Å². The minimum Gasteiger partial charge on any atom is -0.379 e. The van der Waals surface area contributed by atoms with Gasteiger partial charge in [-0.25, -0.2) is 9.97 Å². The van der Waals surface area contributed by atoms with Gasteiger partial charge in [-0.2, -0.15) is 0 Å². The van der Waals surface area contributed by atoms with E-state index in [1.165, 1.54) is 5.56 Å². The fourth-order valence-electron chi connectivity index (χ4n) is 2.12. The second kappa shape index (κ2) is 4.58. The molecule has 4 nitrogen and oxygen atoms in total. The predicted octanol–water partition coefficient (Wildman–Crippen LogP) is 2.59. The summed E-state index contributed by atoms with van der Waals surface area (Å²) in [6.45, 7) is 3.74. The van der Waals surface area contributed by atoms with E-state index in [0.29, 0.717) is 6.04 Å². The lowest BCUT2D eigenvalue weighted by molar-refractivity contribution is 0.0875. The van der Waals surface area contributed by atoms with Gasteiger partial charge in [0.25, 0.3) is 0 Å². The molecule has 3 heterocycles. The van der Waals surface area contributed by atoms with Gasteiger partial charge in [-0.3, -0.25) is 0 Å². The van der Waals surface area contributed by atoms with Gasteiger partial charge < -0.3 is 10.1 Å². The standard InChI is InChI=1S/C12H15N3OS/c1-8-6-17-11-10(8)13-7-14-12(11)15-9-3-2-4-16-5-9/h6-7,9H,2-5H2,1H3,(H,13,14,15). The van der Waals surface area contributed by atoms with Crippen LogP contribution in [0.15, 0.2) is 11.7 Å². The van der Waals surface area contributed by atoms with E-state index in [0.717, 1.165) is 42.1 Å². The maximum absolute atomic E-state index is 5.47. The molecule has 0 saturated carbocycles. The summed E-state index contributed by atoms with van der Waals surface area (Å²) in [6, 6.07) is 0.379. The smallest absolute Gasteiger partial charge is 0.147 e. The number of nitrogens with zero attached hydrogens (tertiary/aromatic N) is 2. The normalized spacial score (nSPS) is 20.6. The molecule has 1 unspecified atom stereocenters. The highest BCUT2D eigenvalue weighted by Gasteiger charge is 2.16. The second-order valence-electron chi connectivity index (χ2n) is 4.38. The lowest BCUT2D eigenvalue weighted by atomic mass is 10.1. The van der Waals surface area contributed by atoms with Gasteiger partial charge in [0.1, 0.15) is 12.1 Å². The summed E-state index contributed by atoms with van der Waals surface area (Å²) in [6.07, 6.45) is 3.90. The minimum atomic E-state index is 0.379. The molecule has 1 aliphatic heterocycles. The van der Waals surface area contributed by atoms with Crippen molar-refractivity contribution in [2.45, 2.75) is 25.8 Å². The molecule has 2 aromatic rings. The lowest BCUT2D eigenvalue weighted by Crippen LogP contribution is -2.30. The molecule has 17 heavy (non-hydrogen) atoms. The molecule has 0 spiro atoms. The van der Waals surface area contributed by atoms with Crippen LogP contribution in [0.4, 0.5) is 5.82 Å². The topological polar surface area (TPSA) is 47.0 Å². The zero-order valence-electron chi connectivity index (χ0n) is 9.77. The Kier molecular flexibility index (Phi) is 2.94. The second-order valence-corrected chi connectivity index (χ2v) is 5.26. The van der Waals surface area contributed by atoms with Crippen LogP contribution in [0, 0.1) is 6.92 Å². The minimum absolute atomic E-state index is 0.379. The summed E-state index contributed by atoms with van der Waals surface area (Å²) in [5.41, 5.74) is 2.28. The fourth-order valence-corrected chi connectivity index (χ4v) is 3.07. The van der Waals surface area contributed by atoms with Crippen molar-refractivity contribution >= 4 is 27.4 Å². The third-order valence-corrected chi connectivity index (χ3v) is 4.13. The number of fused-ring (bicyclic) bond motifs is 1. The van der Waals surface area contributed by atoms with E-state index in [2.05, 4.69) is 27.6 Å². The van der Waals surface area contributed by atoms with E-state index >= 15 is 0 Å². The first-order valence-electron chi connectivity index (χ1n) is 5.87. The monoisotopic (exact) mass is 249 g/mol. The first kappa shape index (κ1) is 10.9. The Bertz CT molecular complexity index is 519. The SMILES string of the molecule is Cc1csc2c(NC3CCCOC3)ncnc12. The first-order chi connectivity index (χ1) is 8.34. The van der Waals surface area contributed by atoms with Gasteiger partial charge in [0.15, 0.2) is 0 Å². The number of aromatic nitrogens is 2. The maximum atomic E-state index is 5.47. The molecule has 0 radical (unpaired) electrons. The zero-order valence-corrected chi connectivity index (χ0v) is 10.6. The largest absolute Gasteiger partial charge is 0.379 e. The van der Waals surface area contributed by atoms with Gasteiger partial charge in [-0.15, -0.1) is 11.3 Å². The van der Waals surface area contributed by atoms with Gasteiger partial charge in [-0.05, 0) is 30.7 Å². The van der Waals surface area contributed by atoms with Crippen molar-refractivity contribution in [3.63, 3.8) is 0 Å². The van der Waals surface area contributed by atoms with E-state index in [1.54, 1.807) is 17.7 Å². The van der Waals surface area contributed by atoms with Crippen LogP contribution in [-0.4, -0.2) is 29.2 Å². The Hall–Kier alpha value is -1.20. The molecule has 2 aromatic heterocycles. The molecular formula is C12H15N3OS. The van der Waals surface area contributed by atoms with Gasteiger partial charge in [0, 0.05) is 6.61 Å². The average Bonchev–Trinajstić information content (AvgIpc) is 2.74. The molecule has 5 heteroatoms. The van der Waals surface area contributed by atoms with Crippen molar-refractivity contribution in [2.75, 3.05) is 18.5 Å². The van der Waals surface area contributed by atoms with Crippen molar-refractivity contribution in [2.24, 2.45) is 0 Å². The summed E-state index contributed by atoms with van der Waals surface area (Å²) in [5.74, 6) is 0.948. The number of aryl methyl sites for hydroxylation is 1. The van der Waals surface area contributed by atoms with Gasteiger partial charge in [-0.1, -0.05) is 0 Å². The number of nitrogens with one attached hydrogen (secondary N) is 1. The Balaban J connectivity index is 1.89. The Morgan fingerprint density at radius 3 is 3.24 bits per heavy atom. The maximum Gasteiger partial charge on any atom is 0.147 e. The van der Waals surface area contributed by atoms with E-state index in [4.69, 9.17) is 4.74 Å². The Labute approximate surface area is 104 Å². The molecule has 0 bridgehead atoms. The molecule has 0 amide bonds. The summed E-state index contributed by atoms with van der Waals surface area (Å²) in [5, 5.41) is 5.60. The van der Waals surface area contributed by atoms with Crippen molar-refractivity contribution in [1.82, 2.24) is 9.97 Å². The molecule has 1 atom stereocenters. The third-order valence-electron chi connectivity index (χ3n) is 3.03. The molecular weight excluding hydrogens is 234 g/mol. The zero-order chi connectivity index (χ0) is 11.7. The summed E-state index contributed by atoms with van der Waals surface area (Å²) >= 11 is 1.70. The van der Waals surface area contributed by atoms with Crippen LogP contribution in [0.25, 0.3) is 10.2 Å². The van der Waals surface area contributed by atoms with Crippen LogP contribution >= 0.6 is 11.3 Å². The number of rotatable bonds is 2. The molecule has 0 aliphatic carbocycles. The van der Waals surface area contributed by atoms with Crippen molar-refractivity contribution in [3.05, 3.63) is 17.3 Å². The van der Waals surface area contributed by atoms with Crippen molar-refractivity contribution in [1.29, 1.82) is 0 Å². The van der Waals surface area contributed by atoms with Gasteiger partial charge in [0.2, 0.25) is 0 Å². The average molecular weight is 249 g/mol. The fraction of sp³-hybridized carbons (Fsp3) is 0.500. The quantitative estimate of drug-likeness (QED) is 0.888. The summed E-state index contributed by atoms with van der Waals surface area (Å²) in [4.78, 5) is 8.67. The van der Waals surface area contributed by atoms with Crippen LogP contribution in [0.1, 0.15) is 18.4 Å². The number of ether oxygens (including phenoxy) is 1. The predicted molar refractivity (Wildman–Crippen MR) is 69.6 cm³/mol. The highest BCUT2D eigenvalue weighted by Crippen LogP contribution is 2.29. The lowest BCUT2D eigenvalue weighted by Gasteiger charge is -2.23. The van der Waals surface area contributed by atoms with E-state index in [1.807, 2.05) is 0 Å². The van der Waals surface area contributed by atoms with E-state index in [9.17, 15) is 0 Å². The number of anilines is 1. The molecule has 90 valence electrons. The molecule has 0 aromatic carbocycles. The van der Waals surface area contributed by atoms with Crippen LogP contribution in [-0.2, 0) is 4.74 Å². The van der Waals surface area contributed by atoms with E-state index in [-0.39, 0.29) is 0 Å². The van der Waals surface area contributed by atoms with Crippen molar-refractivity contribution < 1.29 is 4.74 Å². The molecule has 1 N–H and O–H groups in total. The third kappa shape index (κ3) is 2.12. The van der Waals surface area contributed by atoms with Crippen LogP contribution in [0.3, 0.4) is 0 Å².